The summed E-state index contributed by atoms with van der Waals surface area (Å²) < 4.78 is 6.55. The molecule has 8 heteroatoms. The highest BCUT2D eigenvalue weighted by atomic mass is 16.5. The molecule has 0 aliphatic heterocycles. The van der Waals surface area contributed by atoms with E-state index in [0.29, 0.717) is 18.9 Å². The Bertz CT molecular complexity index is 496. The quantitative estimate of drug-likeness (QED) is 0.753. The van der Waals surface area contributed by atoms with E-state index in [1.807, 2.05) is 0 Å². The van der Waals surface area contributed by atoms with Crippen LogP contribution in [0.15, 0.2) is 0 Å². The number of carbonyl (C=O) groups is 2. The van der Waals surface area contributed by atoms with E-state index in [2.05, 4.69) is 10.3 Å². The minimum absolute atomic E-state index is 0.114. The highest BCUT2D eigenvalue weighted by Crippen LogP contribution is 2.14. The SMILES string of the molecule is CCOC(=O)c1nc(C)n(CCNC(=O)N(C)C)c1N. The van der Waals surface area contributed by atoms with E-state index >= 15 is 0 Å². The van der Waals surface area contributed by atoms with E-state index in [0.717, 1.165) is 0 Å². The van der Waals surface area contributed by atoms with Crippen molar-refractivity contribution in [2.45, 2.75) is 20.4 Å². The van der Waals surface area contributed by atoms with E-state index in [1.165, 1.54) is 4.90 Å². The summed E-state index contributed by atoms with van der Waals surface area (Å²) in [6, 6.07) is -0.188. The van der Waals surface area contributed by atoms with Crippen LogP contribution in [-0.2, 0) is 11.3 Å². The van der Waals surface area contributed by atoms with Gasteiger partial charge in [0.15, 0.2) is 5.69 Å². The lowest BCUT2D eigenvalue weighted by atomic mass is 10.4. The monoisotopic (exact) mass is 283 g/mol. The minimum Gasteiger partial charge on any atom is -0.461 e. The van der Waals surface area contributed by atoms with Gasteiger partial charge in [-0.3, -0.25) is 0 Å². The second kappa shape index (κ2) is 6.78. The van der Waals surface area contributed by atoms with Crippen LogP contribution in [0.25, 0.3) is 0 Å². The summed E-state index contributed by atoms with van der Waals surface area (Å²) in [5.74, 6) is 0.314. The predicted molar refractivity (Wildman–Crippen MR) is 74.4 cm³/mol. The fourth-order valence-electron chi connectivity index (χ4n) is 1.65. The lowest BCUT2D eigenvalue weighted by Crippen LogP contribution is -2.36. The van der Waals surface area contributed by atoms with Gasteiger partial charge in [-0.25, -0.2) is 14.6 Å². The fraction of sp³-hybridized carbons (Fsp3) is 0.583. The van der Waals surface area contributed by atoms with Crippen molar-refractivity contribution in [1.29, 1.82) is 0 Å². The lowest BCUT2D eigenvalue weighted by molar-refractivity contribution is 0.0521. The highest BCUT2D eigenvalue weighted by molar-refractivity contribution is 5.92. The molecule has 112 valence electrons. The van der Waals surface area contributed by atoms with Gasteiger partial charge < -0.3 is 25.3 Å². The van der Waals surface area contributed by atoms with Gasteiger partial charge >= 0.3 is 12.0 Å². The number of carbonyl (C=O) groups excluding carboxylic acids is 2. The molecule has 0 fully saturated rings. The number of imidazole rings is 1. The third kappa shape index (κ3) is 3.62. The molecule has 1 heterocycles. The Labute approximate surface area is 117 Å². The highest BCUT2D eigenvalue weighted by Gasteiger charge is 2.19. The molecule has 1 aromatic rings. The first-order chi connectivity index (χ1) is 9.38. The number of hydrogen-bond acceptors (Lipinski definition) is 5. The van der Waals surface area contributed by atoms with Crippen LogP contribution < -0.4 is 11.1 Å². The molecule has 0 saturated carbocycles. The number of nitrogens with one attached hydrogen (secondary N) is 1. The molecule has 0 unspecified atom stereocenters. The number of esters is 1. The number of anilines is 1. The maximum atomic E-state index is 11.6. The Morgan fingerprint density at radius 2 is 2.10 bits per heavy atom. The van der Waals surface area contributed by atoms with Crippen LogP contribution in [0.2, 0.25) is 0 Å². The van der Waals surface area contributed by atoms with Gasteiger partial charge in [-0.05, 0) is 13.8 Å². The molecule has 0 aliphatic rings. The standard InChI is InChI=1S/C12H21N5O3/c1-5-20-11(18)9-10(13)17(8(2)15-9)7-6-14-12(19)16(3)4/h5-7,13H2,1-4H3,(H,14,19). The fourth-order valence-corrected chi connectivity index (χ4v) is 1.65. The number of nitrogens with two attached hydrogens (primary N) is 1. The second-order valence-corrected chi connectivity index (χ2v) is 4.39. The first kappa shape index (κ1) is 15.8. The Morgan fingerprint density at radius 3 is 2.65 bits per heavy atom. The lowest BCUT2D eigenvalue weighted by Gasteiger charge is -2.13. The molecule has 1 rings (SSSR count). The van der Waals surface area contributed by atoms with Crippen LogP contribution in [0, 0.1) is 6.92 Å². The van der Waals surface area contributed by atoms with E-state index in [4.69, 9.17) is 10.5 Å². The number of ether oxygens (including phenoxy) is 1. The van der Waals surface area contributed by atoms with Gasteiger partial charge in [-0.2, -0.15) is 0 Å². The van der Waals surface area contributed by atoms with Gasteiger partial charge in [0.25, 0.3) is 0 Å². The molecule has 0 saturated heterocycles. The Kier molecular flexibility index (Phi) is 5.36. The average molecular weight is 283 g/mol. The number of urea groups is 1. The van der Waals surface area contributed by atoms with Gasteiger partial charge in [-0.15, -0.1) is 0 Å². The van der Waals surface area contributed by atoms with Crippen LogP contribution in [-0.4, -0.2) is 53.7 Å². The zero-order valence-electron chi connectivity index (χ0n) is 12.3. The zero-order chi connectivity index (χ0) is 15.3. The molecule has 8 nitrogen and oxygen atoms in total. The van der Waals surface area contributed by atoms with Gasteiger partial charge in [0, 0.05) is 27.2 Å². The molecule has 0 radical (unpaired) electrons. The van der Waals surface area contributed by atoms with E-state index in [1.54, 1.807) is 32.5 Å². The summed E-state index contributed by atoms with van der Waals surface area (Å²) in [6.07, 6.45) is 0. The first-order valence-electron chi connectivity index (χ1n) is 6.33. The molecule has 0 aliphatic carbocycles. The van der Waals surface area contributed by atoms with Crippen molar-refractivity contribution in [2.75, 3.05) is 33.0 Å². The van der Waals surface area contributed by atoms with Crippen LogP contribution >= 0.6 is 0 Å². The molecule has 0 spiro atoms. The summed E-state index contributed by atoms with van der Waals surface area (Å²) in [7, 11) is 3.32. The summed E-state index contributed by atoms with van der Waals surface area (Å²) in [4.78, 5) is 28.6. The normalized spacial score (nSPS) is 10.2. The smallest absolute Gasteiger partial charge is 0.360 e. The van der Waals surface area contributed by atoms with Crippen molar-refractivity contribution in [3.8, 4) is 0 Å². The van der Waals surface area contributed by atoms with Gasteiger partial charge in [0.2, 0.25) is 0 Å². The van der Waals surface area contributed by atoms with Crippen LogP contribution in [0.1, 0.15) is 23.2 Å². The second-order valence-electron chi connectivity index (χ2n) is 4.39. The molecule has 2 amide bonds. The number of amides is 2. The maximum Gasteiger partial charge on any atom is 0.360 e. The molecule has 0 bridgehead atoms. The van der Waals surface area contributed by atoms with Crippen LogP contribution in [0.3, 0.4) is 0 Å². The molecule has 0 atom stereocenters. The van der Waals surface area contributed by atoms with Crippen molar-refractivity contribution >= 4 is 17.8 Å². The van der Waals surface area contributed by atoms with Crippen LogP contribution in [0.5, 0.6) is 0 Å². The third-order valence-electron chi connectivity index (χ3n) is 2.68. The minimum atomic E-state index is -0.538. The van der Waals surface area contributed by atoms with E-state index in [-0.39, 0.29) is 24.1 Å². The summed E-state index contributed by atoms with van der Waals surface area (Å²) in [5, 5.41) is 2.72. The third-order valence-corrected chi connectivity index (χ3v) is 2.68. The van der Waals surface area contributed by atoms with Crippen molar-refractivity contribution in [2.24, 2.45) is 0 Å². The molecule has 3 N–H and O–H groups in total. The molecule has 0 aromatic carbocycles. The molecular formula is C12H21N5O3. The van der Waals surface area contributed by atoms with Crippen molar-refractivity contribution in [3.63, 3.8) is 0 Å². The maximum absolute atomic E-state index is 11.6. The zero-order valence-corrected chi connectivity index (χ0v) is 12.3. The Morgan fingerprint density at radius 1 is 1.45 bits per heavy atom. The van der Waals surface area contributed by atoms with Crippen molar-refractivity contribution in [1.82, 2.24) is 19.8 Å². The molecule has 1 aromatic heterocycles. The number of hydrogen-bond donors (Lipinski definition) is 2. The Hall–Kier alpha value is -2.25. The van der Waals surface area contributed by atoms with Gasteiger partial charge in [0.05, 0.1) is 6.61 Å². The van der Waals surface area contributed by atoms with Crippen molar-refractivity contribution < 1.29 is 14.3 Å². The molecule has 20 heavy (non-hydrogen) atoms. The van der Waals surface area contributed by atoms with E-state index < -0.39 is 5.97 Å². The predicted octanol–water partition coefficient (Wildman–Crippen LogP) is 0.222. The van der Waals surface area contributed by atoms with Crippen molar-refractivity contribution in [3.05, 3.63) is 11.5 Å². The van der Waals surface area contributed by atoms with Crippen LogP contribution in [0.4, 0.5) is 10.6 Å². The van der Waals surface area contributed by atoms with Gasteiger partial charge in [-0.1, -0.05) is 0 Å². The largest absolute Gasteiger partial charge is 0.461 e. The Balaban J connectivity index is 2.72. The summed E-state index contributed by atoms with van der Waals surface area (Å²) in [6.45, 7) is 4.55. The number of nitrogens with zero attached hydrogens (tertiary/aromatic N) is 3. The topological polar surface area (TPSA) is 102 Å². The average Bonchev–Trinajstić information content (AvgIpc) is 2.66. The number of rotatable bonds is 5. The number of aryl methyl sites for hydroxylation is 1. The van der Waals surface area contributed by atoms with Gasteiger partial charge in [0.1, 0.15) is 11.6 Å². The summed E-state index contributed by atoms with van der Waals surface area (Å²) in [5.41, 5.74) is 6.00. The van der Waals surface area contributed by atoms with E-state index in [9.17, 15) is 9.59 Å². The summed E-state index contributed by atoms with van der Waals surface area (Å²) >= 11 is 0. The first-order valence-corrected chi connectivity index (χ1v) is 6.33. The number of nitrogen functional groups attached to an aromatic ring is 1. The molecular weight excluding hydrogens is 262 g/mol. The number of aromatic nitrogens is 2.